The zero-order valence-corrected chi connectivity index (χ0v) is 16.3. The van der Waals surface area contributed by atoms with E-state index in [9.17, 15) is 13.2 Å². The summed E-state index contributed by atoms with van der Waals surface area (Å²) in [7, 11) is -3.74. The summed E-state index contributed by atoms with van der Waals surface area (Å²) in [6.07, 6.45) is 1.75. The molecule has 0 aliphatic heterocycles. The second-order valence-electron chi connectivity index (χ2n) is 5.62. The van der Waals surface area contributed by atoms with Crippen LogP contribution in [0.1, 0.15) is 5.69 Å². The third kappa shape index (κ3) is 5.59. The van der Waals surface area contributed by atoms with Gasteiger partial charge in [0.2, 0.25) is 10.0 Å². The number of nitrogens with zero attached hydrogens (tertiary/aromatic N) is 2. The van der Waals surface area contributed by atoms with E-state index < -0.39 is 16.0 Å². The molecule has 2 aromatic heterocycles. The zero-order chi connectivity index (χ0) is 20.0. The van der Waals surface area contributed by atoms with Gasteiger partial charge in [-0.2, -0.15) is 0 Å². The monoisotopic (exact) mass is 419 g/mol. The van der Waals surface area contributed by atoms with E-state index in [-0.39, 0.29) is 24.5 Å². The molecular formula is C18H17N3O5S2. The van der Waals surface area contributed by atoms with Crippen LogP contribution in [0.15, 0.2) is 58.9 Å². The van der Waals surface area contributed by atoms with E-state index in [1.54, 1.807) is 11.6 Å². The van der Waals surface area contributed by atoms with Crippen molar-refractivity contribution in [2.75, 3.05) is 13.2 Å². The fourth-order valence-electron chi connectivity index (χ4n) is 2.23. The Hall–Kier alpha value is -2.82. The first-order valence-electron chi connectivity index (χ1n) is 8.19. The molecule has 2 N–H and O–H groups in total. The quantitative estimate of drug-likeness (QED) is 0.438. The number of rotatable bonds is 8. The topological polar surface area (TPSA) is 121 Å². The Balaban J connectivity index is 1.42. The van der Waals surface area contributed by atoms with Gasteiger partial charge in [-0.25, -0.2) is 18.5 Å². The van der Waals surface area contributed by atoms with Crippen LogP contribution in [-0.2, 0) is 26.0 Å². The van der Waals surface area contributed by atoms with Gasteiger partial charge in [0.25, 0.3) is 0 Å². The van der Waals surface area contributed by atoms with Crippen molar-refractivity contribution in [3.8, 4) is 16.5 Å². The minimum atomic E-state index is -3.74. The van der Waals surface area contributed by atoms with Crippen LogP contribution in [0.2, 0.25) is 0 Å². The number of thiazole rings is 1. The van der Waals surface area contributed by atoms with Crippen LogP contribution in [-0.4, -0.2) is 37.6 Å². The SMILES string of the molecule is NS(=O)(=O)c1ccc(OCCOC(=O)Cc2csc(-c3ccccn3)n2)cc1. The highest BCUT2D eigenvalue weighted by Gasteiger charge is 2.11. The van der Waals surface area contributed by atoms with Crippen LogP contribution >= 0.6 is 11.3 Å². The summed E-state index contributed by atoms with van der Waals surface area (Å²) in [5.41, 5.74) is 1.38. The van der Waals surface area contributed by atoms with Crippen molar-refractivity contribution in [1.29, 1.82) is 0 Å². The van der Waals surface area contributed by atoms with E-state index in [1.165, 1.54) is 35.6 Å². The summed E-state index contributed by atoms with van der Waals surface area (Å²) >= 11 is 1.42. The van der Waals surface area contributed by atoms with E-state index in [1.807, 2.05) is 18.2 Å². The van der Waals surface area contributed by atoms with Gasteiger partial charge >= 0.3 is 5.97 Å². The van der Waals surface area contributed by atoms with Crippen molar-refractivity contribution in [2.45, 2.75) is 11.3 Å². The smallest absolute Gasteiger partial charge is 0.312 e. The molecule has 0 unspecified atom stereocenters. The standard InChI is InChI=1S/C18H17N3O5S2/c19-28(23,24)15-6-4-14(5-7-15)25-9-10-26-17(22)11-13-12-27-18(21-13)16-3-1-2-8-20-16/h1-8,12H,9-11H2,(H2,19,23,24). The molecule has 3 rings (SSSR count). The predicted octanol–water partition coefficient (Wildman–Crippen LogP) is 2.02. The Morgan fingerprint density at radius 3 is 2.57 bits per heavy atom. The molecule has 0 fully saturated rings. The van der Waals surface area contributed by atoms with E-state index in [4.69, 9.17) is 14.6 Å². The largest absolute Gasteiger partial charge is 0.490 e. The molecule has 3 aromatic rings. The maximum Gasteiger partial charge on any atom is 0.312 e. The normalized spacial score (nSPS) is 11.2. The third-order valence-corrected chi connectivity index (χ3v) is 5.37. The number of aromatic nitrogens is 2. The number of sulfonamides is 1. The van der Waals surface area contributed by atoms with Crippen molar-refractivity contribution >= 4 is 27.3 Å². The van der Waals surface area contributed by atoms with Crippen molar-refractivity contribution in [3.05, 3.63) is 59.7 Å². The number of ether oxygens (including phenoxy) is 2. The highest BCUT2D eigenvalue weighted by atomic mass is 32.2. The van der Waals surface area contributed by atoms with Crippen LogP contribution in [0.5, 0.6) is 5.75 Å². The summed E-state index contributed by atoms with van der Waals surface area (Å²) in [6, 6.07) is 11.2. The Labute approximate surface area is 166 Å². The lowest BCUT2D eigenvalue weighted by atomic mass is 10.3. The maximum atomic E-state index is 11.9. The molecule has 146 valence electrons. The van der Waals surface area contributed by atoms with E-state index in [0.29, 0.717) is 11.4 Å². The Morgan fingerprint density at radius 1 is 1.11 bits per heavy atom. The van der Waals surface area contributed by atoms with Crippen molar-refractivity contribution in [3.63, 3.8) is 0 Å². The number of benzene rings is 1. The number of carbonyl (C=O) groups is 1. The molecule has 0 atom stereocenters. The van der Waals surface area contributed by atoms with Gasteiger partial charge in [-0.05, 0) is 36.4 Å². The summed E-state index contributed by atoms with van der Waals surface area (Å²) in [6.45, 7) is 0.198. The first kappa shape index (κ1) is 19.9. The Morgan fingerprint density at radius 2 is 1.89 bits per heavy atom. The van der Waals surface area contributed by atoms with Gasteiger partial charge < -0.3 is 9.47 Å². The zero-order valence-electron chi connectivity index (χ0n) is 14.6. The van der Waals surface area contributed by atoms with Crippen molar-refractivity contribution in [1.82, 2.24) is 9.97 Å². The van der Waals surface area contributed by atoms with Crippen LogP contribution in [0.4, 0.5) is 0 Å². The van der Waals surface area contributed by atoms with Gasteiger partial charge in [0.1, 0.15) is 24.0 Å². The number of carbonyl (C=O) groups excluding carboxylic acids is 1. The number of hydrogen-bond donors (Lipinski definition) is 1. The molecule has 0 aliphatic carbocycles. The average molecular weight is 419 g/mol. The lowest BCUT2D eigenvalue weighted by Crippen LogP contribution is -2.14. The Kier molecular flexibility index (Phi) is 6.34. The highest BCUT2D eigenvalue weighted by molar-refractivity contribution is 7.89. The van der Waals surface area contributed by atoms with Crippen molar-refractivity contribution in [2.24, 2.45) is 5.14 Å². The molecule has 0 bridgehead atoms. The van der Waals surface area contributed by atoms with Crippen LogP contribution in [0.25, 0.3) is 10.7 Å². The van der Waals surface area contributed by atoms with Crippen LogP contribution in [0, 0.1) is 0 Å². The van der Waals surface area contributed by atoms with Crippen LogP contribution in [0.3, 0.4) is 0 Å². The molecule has 0 saturated carbocycles. The summed E-state index contributed by atoms with van der Waals surface area (Å²) in [5, 5.41) is 7.57. The molecular weight excluding hydrogens is 402 g/mol. The number of nitrogens with two attached hydrogens (primary N) is 1. The summed E-state index contributed by atoms with van der Waals surface area (Å²) in [4.78, 5) is 20.5. The molecule has 8 nitrogen and oxygen atoms in total. The molecule has 0 spiro atoms. The first-order chi connectivity index (χ1) is 13.4. The molecule has 0 amide bonds. The maximum absolute atomic E-state index is 11.9. The number of primary sulfonamides is 1. The second-order valence-corrected chi connectivity index (χ2v) is 8.04. The lowest BCUT2D eigenvalue weighted by molar-refractivity contribution is -0.143. The predicted molar refractivity (Wildman–Crippen MR) is 103 cm³/mol. The molecule has 0 radical (unpaired) electrons. The number of hydrogen-bond acceptors (Lipinski definition) is 8. The van der Waals surface area contributed by atoms with E-state index in [0.717, 1.165) is 10.7 Å². The van der Waals surface area contributed by atoms with Gasteiger partial charge in [-0.15, -0.1) is 11.3 Å². The van der Waals surface area contributed by atoms with Gasteiger partial charge in [-0.3, -0.25) is 9.78 Å². The summed E-state index contributed by atoms with van der Waals surface area (Å²) in [5.74, 6) is 0.0361. The molecule has 1 aromatic carbocycles. The molecule has 0 aliphatic rings. The molecule has 28 heavy (non-hydrogen) atoms. The summed E-state index contributed by atoms with van der Waals surface area (Å²) < 4.78 is 32.9. The molecule has 10 heteroatoms. The van der Waals surface area contributed by atoms with E-state index in [2.05, 4.69) is 9.97 Å². The number of esters is 1. The lowest BCUT2D eigenvalue weighted by Gasteiger charge is -2.07. The minimum Gasteiger partial charge on any atom is -0.490 e. The molecule has 0 saturated heterocycles. The average Bonchev–Trinajstić information content (AvgIpc) is 3.14. The van der Waals surface area contributed by atoms with Gasteiger partial charge in [0, 0.05) is 11.6 Å². The van der Waals surface area contributed by atoms with Gasteiger partial charge in [-0.1, -0.05) is 6.07 Å². The fourth-order valence-corrected chi connectivity index (χ4v) is 3.55. The van der Waals surface area contributed by atoms with Gasteiger partial charge in [0.15, 0.2) is 0 Å². The Bertz CT molecular complexity index is 1030. The minimum absolute atomic E-state index is 0.000359. The highest BCUT2D eigenvalue weighted by Crippen LogP contribution is 2.21. The fraction of sp³-hybridized carbons (Fsp3) is 0.167. The molecule has 2 heterocycles. The van der Waals surface area contributed by atoms with Crippen molar-refractivity contribution < 1.29 is 22.7 Å². The van der Waals surface area contributed by atoms with Gasteiger partial charge in [0.05, 0.1) is 22.7 Å². The second kappa shape index (κ2) is 8.91. The van der Waals surface area contributed by atoms with Crippen LogP contribution < -0.4 is 9.88 Å². The van der Waals surface area contributed by atoms with E-state index >= 15 is 0 Å². The third-order valence-electron chi connectivity index (χ3n) is 3.53. The number of pyridine rings is 1. The first-order valence-corrected chi connectivity index (χ1v) is 10.6.